The number of ether oxygens (including phenoxy) is 1. The number of nitrogens with two attached hydrogens (primary N) is 1. The molecule has 1 unspecified atom stereocenters. The fraction of sp³-hybridized carbons (Fsp3) is 0.438. The van der Waals surface area contributed by atoms with Gasteiger partial charge in [0.1, 0.15) is 12.2 Å². The number of fused-ring (bicyclic) bond motifs is 1. The van der Waals surface area contributed by atoms with Crippen LogP contribution in [0.1, 0.15) is 35.8 Å². The van der Waals surface area contributed by atoms with Gasteiger partial charge in [-0.2, -0.15) is 5.10 Å². The van der Waals surface area contributed by atoms with Crippen LogP contribution in [0.5, 0.6) is 0 Å². The van der Waals surface area contributed by atoms with Crippen LogP contribution in [0, 0.1) is 6.92 Å². The highest BCUT2D eigenvalue weighted by Gasteiger charge is 2.20. The molecule has 1 atom stereocenters. The van der Waals surface area contributed by atoms with Crippen LogP contribution in [0.2, 0.25) is 0 Å². The van der Waals surface area contributed by atoms with Crippen LogP contribution < -0.4 is 5.73 Å². The molecule has 124 valence electrons. The molecule has 0 bridgehead atoms. The van der Waals surface area contributed by atoms with Crippen molar-refractivity contribution < 1.29 is 14.6 Å². The van der Waals surface area contributed by atoms with Crippen molar-refractivity contribution in [3.05, 3.63) is 30.1 Å². The fourth-order valence-corrected chi connectivity index (χ4v) is 2.40. The summed E-state index contributed by atoms with van der Waals surface area (Å²) in [6, 6.07) is 0. The molecular weight excluding hydrogens is 296 g/mol. The third kappa shape index (κ3) is 3.68. The summed E-state index contributed by atoms with van der Waals surface area (Å²) in [5.74, 6) is -0.517. The van der Waals surface area contributed by atoms with Crippen molar-refractivity contribution in [3.63, 3.8) is 0 Å². The van der Waals surface area contributed by atoms with Gasteiger partial charge in [-0.1, -0.05) is 12.7 Å². The Morgan fingerprint density at radius 2 is 2.35 bits per heavy atom. The minimum Gasteiger partial charge on any atom is -0.458 e. The zero-order valence-electron chi connectivity index (χ0n) is 13.5. The Bertz CT molecular complexity index is 722. The van der Waals surface area contributed by atoms with Crippen LogP contribution in [-0.2, 0) is 11.3 Å². The molecule has 23 heavy (non-hydrogen) atoms. The molecule has 0 saturated heterocycles. The highest BCUT2D eigenvalue weighted by atomic mass is 16.5. The Kier molecular flexibility index (Phi) is 5.33. The van der Waals surface area contributed by atoms with E-state index in [2.05, 4.69) is 16.7 Å². The standard InChI is InChI=1S/C16H22N4O3/c1-4-8-23-16(22)13-11(3)19-15-12(14(13)17)9-18-20(15)7-5-6-10(2)21/h4,9-10,21H,1,5-8H2,2-3H3,(H2,17,19). The van der Waals surface area contributed by atoms with Gasteiger partial charge in [0.25, 0.3) is 0 Å². The fourth-order valence-electron chi connectivity index (χ4n) is 2.40. The Labute approximate surface area is 134 Å². The third-order valence-corrected chi connectivity index (χ3v) is 3.53. The van der Waals surface area contributed by atoms with E-state index in [1.54, 1.807) is 24.7 Å². The maximum atomic E-state index is 12.1. The van der Waals surface area contributed by atoms with Gasteiger partial charge >= 0.3 is 5.97 Å². The van der Waals surface area contributed by atoms with Crippen molar-refractivity contribution >= 4 is 22.7 Å². The molecule has 2 aromatic rings. The monoisotopic (exact) mass is 318 g/mol. The highest BCUT2D eigenvalue weighted by molar-refractivity contribution is 6.04. The van der Waals surface area contributed by atoms with E-state index in [1.165, 1.54) is 6.08 Å². The molecular formula is C16H22N4O3. The summed E-state index contributed by atoms with van der Waals surface area (Å²) in [4.78, 5) is 16.6. The number of aryl methyl sites for hydroxylation is 2. The van der Waals surface area contributed by atoms with Gasteiger partial charge in [0, 0.05) is 6.54 Å². The van der Waals surface area contributed by atoms with Gasteiger partial charge in [-0.05, 0) is 26.7 Å². The molecule has 0 aliphatic heterocycles. The van der Waals surface area contributed by atoms with Crippen LogP contribution in [0.15, 0.2) is 18.9 Å². The first kappa shape index (κ1) is 17.0. The van der Waals surface area contributed by atoms with Gasteiger partial charge in [-0.15, -0.1) is 0 Å². The predicted molar refractivity (Wildman–Crippen MR) is 88.1 cm³/mol. The highest BCUT2D eigenvalue weighted by Crippen LogP contribution is 2.26. The quantitative estimate of drug-likeness (QED) is 0.596. The van der Waals surface area contributed by atoms with E-state index in [-0.39, 0.29) is 18.3 Å². The number of nitrogen functional groups attached to an aromatic ring is 1. The van der Waals surface area contributed by atoms with Crippen LogP contribution in [0.4, 0.5) is 5.69 Å². The molecule has 3 N–H and O–H groups in total. The molecule has 2 rings (SSSR count). The van der Waals surface area contributed by atoms with Crippen molar-refractivity contribution in [2.24, 2.45) is 0 Å². The normalized spacial score (nSPS) is 12.3. The average Bonchev–Trinajstić information content (AvgIpc) is 2.88. The smallest absolute Gasteiger partial charge is 0.342 e. The summed E-state index contributed by atoms with van der Waals surface area (Å²) < 4.78 is 6.79. The number of carbonyl (C=O) groups is 1. The van der Waals surface area contributed by atoms with Gasteiger partial charge in [-0.3, -0.25) is 0 Å². The predicted octanol–water partition coefficient (Wildman–Crippen LogP) is 1.83. The molecule has 0 spiro atoms. The van der Waals surface area contributed by atoms with Crippen LogP contribution in [-0.4, -0.2) is 38.6 Å². The SMILES string of the molecule is C=CCOC(=O)c1c(C)nc2c(cnn2CCCC(C)O)c1N. The zero-order chi connectivity index (χ0) is 17.0. The van der Waals surface area contributed by atoms with Crippen molar-refractivity contribution in [2.45, 2.75) is 39.3 Å². The lowest BCUT2D eigenvalue weighted by Gasteiger charge is -2.10. The summed E-state index contributed by atoms with van der Waals surface area (Å²) >= 11 is 0. The summed E-state index contributed by atoms with van der Waals surface area (Å²) in [7, 11) is 0. The van der Waals surface area contributed by atoms with E-state index in [4.69, 9.17) is 10.5 Å². The van der Waals surface area contributed by atoms with Crippen LogP contribution in [0.25, 0.3) is 11.0 Å². The van der Waals surface area contributed by atoms with E-state index in [0.717, 1.165) is 6.42 Å². The van der Waals surface area contributed by atoms with Gasteiger partial charge < -0.3 is 15.6 Å². The van der Waals surface area contributed by atoms with Crippen LogP contribution >= 0.6 is 0 Å². The lowest BCUT2D eigenvalue weighted by Crippen LogP contribution is -2.13. The second-order valence-electron chi connectivity index (χ2n) is 5.47. The number of hydrogen-bond donors (Lipinski definition) is 2. The molecule has 0 radical (unpaired) electrons. The number of esters is 1. The Morgan fingerprint density at radius 1 is 1.61 bits per heavy atom. The van der Waals surface area contributed by atoms with Gasteiger partial charge in [0.05, 0.1) is 29.1 Å². The first-order valence-electron chi connectivity index (χ1n) is 7.53. The third-order valence-electron chi connectivity index (χ3n) is 3.53. The number of nitrogens with zero attached hydrogens (tertiary/aromatic N) is 3. The number of carbonyl (C=O) groups excluding carboxylic acids is 1. The second-order valence-corrected chi connectivity index (χ2v) is 5.47. The summed E-state index contributed by atoms with van der Waals surface area (Å²) in [5, 5.41) is 14.2. The lowest BCUT2D eigenvalue weighted by atomic mass is 10.1. The summed E-state index contributed by atoms with van der Waals surface area (Å²) in [5.41, 5.74) is 7.84. The average molecular weight is 318 g/mol. The van der Waals surface area contributed by atoms with E-state index in [0.29, 0.717) is 35.4 Å². The minimum absolute atomic E-state index is 0.119. The molecule has 7 nitrogen and oxygen atoms in total. The first-order valence-corrected chi connectivity index (χ1v) is 7.53. The largest absolute Gasteiger partial charge is 0.458 e. The van der Waals surface area contributed by atoms with Crippen LogP contribution in [0.3, 0.4) is 0 Å². The number of anilines is 1. The molecule has 7 heteroatoms. The summed E-state index contributed by atoms with van der Waals surface area (Å²) in [6.45, 7) is 7.72. The molecule has 0 aromatic carbocycles. The minimum atomic E-state index is -0.517. The van der Waals surface area contributed by atoms with Crippen molar-refractivity contribution in [1.82, 2.24) is 14.8 Å². The van der Waals surface area contributed by atoms with E-state index >= 15 is 0 Å². The zero-order valence-corrected chi connectivity index (χ0v) is 13.5. The maximum Gasteiger partial charge on any atom is 0.342 e. The Morgan fingerprint density at radius 3 is 3.00 bits per heavy atom. The van der Waals surface area contributed by atoms with Crippen molar-refractivity contribution in [1.29, 1.82) is 0 Å². The molecule has 0 saturated carbocycles. The molecule has 0 aliphatic carbocycles. The topological polar surface area (TPSA) is 103 Å². The number of pyridine rings is 1. The van der Waals surface area contributed by atoms with Crippen molar-refractivity contribution in [3.8, 4) is 0 Å². The van der Waals surface area contributed by atoms with Gasteiger partial charge in [0.15, 0.2) is 5.65 Å². The Balaban J connectivity index is 2.33. The number of aliphatic hydroxyl groups excluding tert-OH is 1. The number of aliphatic hydroxyl groups is 1. The van der Waals surface area contributed by atoms with Gasteiger partial charge in [0.2, 0.25) is 0 Å². The molecule has 0 aliphatic rings. The molecule has 2 aromatic heterocycles. The van der Waals surface area contributed by atoms with E-state index in [9.17, 15) is 9.90 Å². The van der Waals surface area contributed by atoms with Gasteiger partial charge in [-0.25, -0.2) is 14.5 Å². The van der Waals surface area contributed by atoms with Crippen molar-refractivity contribution in [2.75, 3.05) is 12.3 Å². The maximum absolute atomic E-state index is 12.1. The second kappa shape index (κ2) is 7.23. The number of aromatic nitrogens is 3. The first-order chi connectivity index (χ1) is 11.0. The lowest BCUT2D eigenvalue weighted by molar-refractivity contribution is 0.0550. The number of hydrogen-bond acceptors (Lipinski definition) is 6. The summed E-state index contributed by atoms with van der Waals surface area (Å²) in [6.07, 6.45) is 4.21. The molecule has 0 amide bonds. The molecule has 2 heterocycles. The van der Waals surface area contributed by atoms with E-state index in [1.807, 2.05) is 0 Å². The van der Waals surface area contributed by atoms with E-state index < -0.39 is 5.97 Å². The number of rotatable bonds is 7. The molecule has 0 fully saturated rings. The Hall–Kier alpha value is -2.41.